The molecular weight excluding hydrogens is 269 g/mol. The van der Waals surface area contributed by atoms with Gasteiger partial charge in [-0.05, 0) is 0 Å². The molecule has 1 fully saturated rings. The minimum absolute atomic E-state index is 0.0514. The van der Waals surface area contributed by atoms with Crippen LogP contribution in [0.15, 0.2) is 0 Å². The first-order valence-electron chi connectivity index (χ1n) is 5.62. The highest BCUT2D eigenvalue weighted by molar-refractivity contribution is 5.77. The molecule has 1 unspecified atom stereocenters. The third-order valence-corrected chi connectivity index (χ3v) is 2.67. The summed E-state index contributed by atoms with van der Waals surface area (Å²) in [6, 6.07) is -0.626. The van der Waals surface area contributed by atoms with Crippen molar-refractivity contribution in [2.24, 2.45) is 0 Å². The average molecular weight is 284 g/mol. The van der Waals surface area contributed by atoms with E-state index in [9.17, 15) is 22.8 Å². The Hall–Kier alpha value is -1.51. The number of hydrogen-bond donors (Lipinski definition) is 1. The number of alkyl halides is 3. The van der Waals surface area contributed by atoms with Gasteiger partial charge in [0.05, 0.1) is 19.6 Å². The molecule has 0 spiro atoms. The van der Waals surface area contributed by atoms with Crippen molar-refractivity contribution in [3.63, 3.8) is 0 Å². The Bertz CT molecular complexity index is 348. The summed E-state index contributed by atoms with van der Waals surface area (Å²) >= 11 is 0. The lowest BCUT2D eigenvalue weighted by molar-refractivity contribution is -0.154. The molecule has 6 nitrogen and oxygen atoms in total. The monoisotopic (exact) mass is 284 g/mol. The largest absolute Gasteiger partial charge is 0.479 e. The molecule has 9 heteroatoms. The number of carbonyl (C=O) groups is 2. The Morgan fingerprint density at radius 2 is 2.11 bits per heavy atom. The molecule has 0 saturated carbocycles. The summed E-state index contributed by atoms with van der Waals surface area (Å²) in [5, 5.41) is 8.76. The van der Waals surface area contributed by atoms with Gasteiger partial charge in [0.1, 0.15) is 0 Å². The Balaban J connectivity index is 2.49. The van der Waals surface area contributed by atoms with E-state index in [4.69, 9.17) is 9.84 Å². The van der Waals surface area contributed by atoms with Crippen LogP contribution in [0.5, 0.6) is 0 Å². The average Bonchev–Trinajstić information content (AvgIpc) is 2.34. The van der Waals surface area contributed by atoms with Crippen LogP contribution in [0.4, 0.5) is 18.0 Å². The second kappa shape index (κ2) is 6.09. The summed E-state index contributed by atoms with van der Waals surface area (Å²) in [4.78, 5) is 24.7. The highest BCUT2D eigenvalue weighted by Gasteiger charge is 2.32. The molecule has 1 atom stereocenters. The minimum atomic E-state index is -4.33. The smallest absolute Gasteiger partial charge is 0.390 e. The molecule has 0 aliphatic carbocycles. The highest BCUT2D eigenvalue weighted by Crippen LogP contribution is 2.20. The molecule has 1 N–H and O–H groups in total. The first-order chi connectivity index (χ1) is 8.70. The molecule has 110 valence electrons. The van der Waals surface area contributed by atoms with Gasteiger partial charge in [-0.1, -0.05) is 0 Å². The van der Waals surface area contributed by atoms with Gasteiger partial charge in [0.25, 0.3) is 0 Å². The molecule has 1 saturated heterocycles. The van der Waals surface area contributed by atoms with Crippen molar-refractivity contribution in [1.82, 2.24) is 9.80 Å². The van der Waals surface area contributed by atoms with E-state index in [0.29, 0.717) is 0 Å². The van der Waals surface area contributed by atoms with Gasteiger partial charge in [-0.2, -0.15) is 13.2 Å². The summed E-state index contributed by atoms with van der Waals surface area (Å²) in [5.74, 6) is -1.20. The van der Waals surface area contributed by atoms with Gasteiger partial charge in [0.2, 0.25) is 0 Å². The van der Waals surface area contributed by atoms with E-state index in [2.05, 4.69) is 0 Å². The highest BCUT2D eigenvalue weighted by atomic mass is 19.4. The first-order valence-corrected chi connectivity index (χ1v) is 5.62. The summed E-state index contributed by atoms with van der Waals surface area (Å²) in [5.41, 5.74) is 0. The van der Waals surface area contributed by atoms with Gasteiger partial charge in [-0.25, -0.2) is 9.59 Å². The second-order valence-electron chi connectivity index (χ2n) is 4.21. The van der Waals surface area contributed by atoms with Crippen LogP contribution < -0.4 is 0 Å². The Morgan fingerprint density at radius 1 is 1.47 bits per heavy atom. The number of morpholine rings is 1. The van der Waals surface area contributed by atoms with Crippen LogP contribution in [0, 0.1) is 0 Å². The second-order valence-corrected chi connectivity index (χ2v) is 4.21. The first kappa shape index (κ1) is 15.5. The Kier molecular flexibility index (Phi) is 4.98. The molecule has 0 bridgehead atoms. The molecule has 1 rings (SSSR count). The summed E-state index contributed by atoms with van der Waals surface area (Å²) in [6.07, 6.45) is -6.56. The number of carbonyl (C=O) groups excluding carboxylic acids is 1. The van der Waals surface area contributed by atoms with Crippen molar-refractivity contribution in [3.8, 4) is 0 Å². The number of hydrogen-bond acceptors (Lipinski definition) is 3. The van der Waals surface area contributed by atoms with Gasteiger partial charge < -0.3 is 19.6 Å². The van der Waals surface area contributed by atoms with E-state index in [1.54, 1.807) is 0 Å². The van der Waals surface area contributed by atoms with Crippen molar-refractivity contribution >= 4 is 12.0 Å². The summed E-state index contributed by atoms with van der Waals surface area (Å²) in [6.45, 7) is -0.406. The number of nitrogens with zero attached hydrogens (tertiary/aromatic N) is 2. The van der Waals surface area contributed by atoms with Crippen LogP contribution >= 0.6 is 0 Å². The number of aliphatic carboxylic acids is 1. The molecule has 0 aromatic rings. The SMILES string of the molecule is CN(CCC(F)(F)F)C(=O)N1CCOC(C(=O)O)C1. The van der Waals surface area contributed by atoms with Crippen LogP contribution in [0.2, 0.25) is 0 Å². The van der Waals surface area contributed by atoms with Crippen molar-refractivity contribution in [2.75, 3.05) is 33.3 Å². The lowest BCUT2D eigenvalue weighted by Gasteiger charge is -2.33. The fourth-order valence-electron chi connectivity index (χ4n) is 1.60. The van der Waals surface area contributed by atoms with Crippen LogP contribution in [0.1, 0.15) is 6.42 Å². The van der Waals surface area contributed by atoms with Crippen LogP contribution in [0.25, 0.3) is 0 Å². The molecule has 1 aliphatic rings. The molecule has 1 aliphatic heterocycles. The summed E-state index contributed by atoms with van der Waals surface area (Å²) < 4.78 is 41.0. The molecule has 2 amide bonds. The van der Waals surface area contributed by atoms with E-state index in [1.807, 2.05) is 0 Å². The molecular formula is C10H15F3N2O4. The van der Waals surface area contributed by atoms with Gasteiger partial charge in [-0.3, -0.25) is 0 Å². The zero-order valence-corrected chi connectivity index (χ0v) is 10.3. The van der Waals surface area contributed by atoms with Crippen LogP contribution in [0.3, 0.4) is 0 Å². The van der Waals surface area contributed by atoms with Crippen molar-refractivity contribution in [2.45, 2.75) is 18.7 Å². The Labute approximate surface area is 107 Å². The number of amides is 2. The van der Waals surface area contributed by atoms with Gasteiger partial charge >= 0.3 is 18.2 Å². The standard InChI is InChI=1S/C10H15F3N2O4/c1-14(3-2-10(11,12)13)9(18)15-4-5-19-7(6-15)8(16)17/h7H,2-6H2,1H3,(H,16,17). The topological polar surface area (TPSA) is 70.1 Å². The third-order valence-electron chi connectivity index (χ3n) is 2.67. The predicted molar refractivity (Wildman–Crippen MR) is 57.6 cm³/mol. The normalized spacial score (nSPS) is 20.2. The zero-order chi connectivity index (χ0) is 14.6. The number of rotatable bonds is 3. The van der Waals surface area contributed by atoms with Crippen molar-refractivity contribution in [3.05, 3.63) is 0 Å². The lowest BCUT2D eigenvalue weighted by atomic mass is 10.3. The molecule has 0 aromatic carbocycles. The van der Waals surface area contributed by atoms with Crippen LogP contribution in [-0.4, -0.2) is 72.5 Å². The van der Waals surface area contributed by atoms with Crippen molar-refractivity contribution < 1.29 is 32.6 Å². The van der Waals surface area contributed by atoms with E-state index < -0.39 is 37.2 Å². The third kappa shape index (κ3) is 4.93. The number of carboxylic acids is 1. The molecule has 1 heterocycles. The molecule has 0 aromatic heterocycles. The zero-order valence-electron chi connectivity index (χ0n) is 10.3. The molecule has 0 radical (unpaired) electrons. The molecule has 19 heavy (non-hydrogen) atoms. The maximum atomic E-state index is 12.0. The van der Waals surface area contributed by atoms with E-state index in [1.165, 1.54) is 11.9 Å². The number of ether oxygens (including phenoxy) is 1. The minimum Gasteiger partial charge on any atom is -0.479 e. The Morgan fingerprint density at radius 3 is 2.63 bits per heavy atom. The van der Waals surface area contributed by atoms with Gasteiger partial charge in [0, 0.05) is 20.1 Å². The fourth-order valence-corrected chi connectivity index (χ4v) is 1.60. The van der Waals surface area contributed by atoms with E-state index in [-0.39, 0.29) is 19.7 Å². The summed E-state index contributed by atoms with van der Waals surface area (Å²) in [7, 11) is 1.25. The number of urea groups is 1. The maximum absolute atomic E-state index is 12.0. The van der Waals surface area contributed by atoms with E-state index in [0.717, 1.165) is 4.90 Å². The van der Waals surface area contributed by atoms with Gasteiger partial charge in [0.15, 0.2) is 6.10 Å². The lowest BCUT2D eigenvalue weighted by Crippen LogP contribution is -2.52. The van der Waals surface area contributed by atoms with E-state index >= 15 is 0 Å². The fraction of sp³-hybridized carbons (Fsp3) is 0.800. The van der Waals surface area contributed by atoms with Crippen LogP contribution in [-0.2, 0) is 9.53 Å². The maximum Gasteiger partial charge on any atom is 0.390 e. The quantitative estimate of drug-likeness (QED) is 0.831. The predicted octanol–water partition coefficient (Wildman–Crippen LogP) is 0.776. The number of halogens is 3. The number of carboxylic acid groups (broad SMARTS) is 1. The van der Waals surface area contributed by atoms with Gasteiger partial charge in [-0.15, -0.1) is 0 Å². The van der Waals surface area contributed by atoms with Crippen molar-refractivity contribution in [1.29, 1.82) is 0 Å².